The van der Waals surface area contributed by atoms with Crippen molar-refractivity contribution in [3.05, 3.63) is 71.6 Å². The number of nitrogens with two attached hydrogens (primary N) is 1. The van der Waals surface area contributed by atoms with Crippen LogP contribution in [0, 0.1) is 0 Å². The minimum Gasteiger partial charge on any atom is -0.389 e. The van der Waals surface area contributed by atoms with Crippen molar-refractivity contribution in [2.75, 3.05) is 11.1 Å². The number of aliphatic hydroxyl groups excluding tert-OH is 1. The van der Waals surface area contributed by atoms with Crippen LogP contribution in [0.25, 0.3) is 28.2 Å². The van der Waals surface area contributed by atoms with E-state index in [0.717, 1.165) is 18.3 Å². The first-order valence-corrected chi connectivity index (χ1v) is 14.2. The normalized spacial score (nSPS) is 19.1. The maximum atomic E-state index is 13.1. The number of rotatable bonds is 3. The number of nitrogens with one attached hydrogen (secondary N) is 2. The first-order chi connectivity index (χ1) is 21.0. The maximum Gasteiger partial charge on any atom is 0.416 e. The number of alkyl halides is 3. The number of carbonyl (C=O) groups is 2. The number of benzene rings is 1. The fourth-order valence-electron chi connectivity index (χ4n) is 5.08. The van der Waals surface area contributed by atoms with E-state index in [1.165, 1.54) is 12.1 Å². The van der Waals surface area contributed by atoms with Crippen LogP contribution in [0.5, 0.6) is 0 Å². The van der Waals surface area contributed by atoms with E-state index in [4.69, 9.17) is 10.8 Å². The number of pyridine rings is 2. The lowest BCUT2D eigenvalue weighted by atomic mass is 10.0. The molecule has 0 radical (unpaired) electrons. The summed E-state index contributed by atoms with van der Waals surface area (Å²) in [6.45, 7) is 2.39. The second-order valence-electron chi connectivity index (χ2n) is 10.8. The van der Waals surface area contributed by atoms with Crippen molar-refractivity contribution >= 4 is 40.4 Å². The van der Waals surface area contributed by atoms with Crippen molar-refractivity contribution in [3.63, 3.8) is 0 Å². The lowest BCUT2D eigenvalue weighted by Crippen LogP contribution is -2.33. The Labute approximate surface area is 251 Å². The molecule has 10 nitrogen and oxygen atoms in total. The Bertz CT molecular complexity index is 1700. The van der Waals surface area contributed by atoms with Crippen LogP contribution in [0.1, 0.15) is 60.5 Å². The van der Waals surface area contributed by atoms with E-state index >= 15 is 0 Å². The standard InChI is InChI=1S/C31H32F3N7O3/c1-18-13-15-41-28-21(10-11-23(42)4-2-3-5-25(43)38-18)17-37-29(35)26(28)27(40-41)19-6-8-20(9-7-19)30(44)39-24-16-22(12-14-36-24)31(32,33)34/h6-12,14,16-18,23,42H,2-5,13,15H2,1H3,(H2,35,37)(H,38,43)(H,36,39,44)/b11-10+. The summed E-state index contributed by atoms with van der Waals surface area (Å²) in [5.41, 5.74) is 8.22. The van der Waals surface area contributed by atoms with Gasteiger partial charge in [-0.25, -0.2) is 9.97 Å². The van der Waals surface area contributed by atoms with Gasteiger partial charge >= 0.3 is 6.18 Å². The van der Waals surface area contributed by atoms with E-state index < -0.39 is 23.8 Å². The summed E-state index contributed by atoms with van der Waals surface area (Å²) in [7, 11) is 0. The van der Waals surface area contributed by atoms with Crippen LogP contribution in [0.4, 0.5) is 24.8 Å². The molecule has 0 spiro atoms. The highest BCUT2D eigenvalue weighted by molar-refractivity contribution is 6.06. The number of aliphatic hydroxyl groups is 1. The van der Waals surface area contributed by atoms with Crippen molar-refractivity contribution in [3.8, 4) is 11.3 Å². The Kier molecular flexibility index (Phi) is 8.95. The zero-order chi connectivity index (χ0) is 31.4. The Morgan fingerprint density at radius 3 is 2.66 bits per heavy atom. The molecular formula is C31H32F3N7O3. The minimum atomic E-state index is -4.57. The van der Waals surface area contributed by atoms with Crippen molar-refractivity contribution in [2.45, 2.75) is 63.9 Å². The van der Waals surface area contributed by atoms with Gasteiger partial charge in [-0.1, -0.05) is 30.7 Å². The predicted molar refractivity (Wildman–Crippen MR) is 160 cm³/mol. The second kappa shape index (κ2) is 12.8. The second-order valence-corrected chi connectivity index (χ2v) is 10.8. The first-order valence-electron chi connectivity index (χ1n) is 14.2. The lowest BCUT2D eigenvalue weighted by molar-refractivity contribution is -0.137. The van der Waals surface area contributed by atoms with Crippen molar-refractivity contribution < 1.29 is 27.9 Å². The molecule has 0 saturated heterocycles. The van der Waals surface area contributed by atoms with Gasteiger partial charge in [-0.05, 0) is 50.5 Å². The van der Waals surface area contributed by atoms with Gasteiger partial charge in [-0.15, -0.1) is 0 Å². The molecule has 2 unspecified atom stereocenters. The molecule has 0 saturated carbocycles. The van der Waals surface area contributed by atoms with Gasteiger partial charge in [0.05, 0.1) is 22.6 Å². The highest BCUT2D eigenvalue weighted by Crippen LogP contribution is 2.34. The highest BCUT2D eigenvalue weighted by Gasteiger charge is 2.31. The lowest BCUT2D eigenvalue weighted by Gasteiger charge is -2.14. The topological polar surface area (TPSA) is 148 Å². The third-order valence-corrected chi connectivity index (χ3v) is 7.41. The Balaban J connectivity index is 1.48. The maximum absolute atomic E-state index is 13.1. The first kappa shape index (κ1) is 30.7. The van der Waals surface area contributed by atoms with E-state index in [-0.39, 0.29) is 29.1 Å². The van der Waals surface area contributed by atoms with Crippen LogP contribution < -0.4 is 16.4 Å². The van der Waals surface area contributed by atoms with Gasteiger partial charge in [0.15, 0.2) is 0 Å². The van der Waals surface area contributed by atoms with Gasteiger partial charge in [0, 0.05) is 48.1 Å². The largest absolute Gasteiger partial charge is 0.416 e. The molecule has 2 atom stereocenters. The smallest absolute Gasteiger partial charge is 0.389 e. The monoisotopic (exact) mass is 607 g/mol. The van der Waals surface area contributed by atoms with Gasteiger partial charge < -0.3 is 21.5 Å². The van der Waals surface area contributed by atoms with Gasteiger partial charge in [0.25, 0.3) is 5.91 Å². The summed E-state index contributed by atoms with van der Waals surface area (Å²) >= 11 is 0. The van der Waals surface area contributed by atoms with Crippen LogP contribution in [0.3, 0.4) is 0 Å². The number of hydrogen-bond donors (Lipinski definition) is 4. The Morgan fingerprint density at radius 2 is 1.91 bits per heavy atom. The van der Waals surface area contributed by atoms with Crippen LogP contribution in [0.2, 0.25) is 0 Å². The number of aromatic nitrogens is 4. The third kappa shape index (κ3) is 7.05. The molecule has 4 aromatic rings. The molecule has 5 rings (SSSR count). The fraction of sp³-hybridized carbons (Fsp3) is 0.323. The molecule has 0 fully saturated rings. The van der Waals surface area contributed by atoms with E-state index in [9.17, 15) is 27.9 Å². The number of carbonyl (C=O) groups excluding carboxylic acids is 2. The van der Waals surface area contributed by atoms with Crippen LogP contribution in [-0.4, -0.2) is 48.8 Å². The number of hydrogen-bond acceptors (Lipinski definition) is 7. The van der Waals surface area contributed by atoms with Crippen molar-refractivity contribution in [1.29, 1.82) is 0 Å². The summed E-state index contributed by atoms with van der Waals surface area (Å²) < 4.78 is 41.0. The molecule has 2 amide bonds. The summed E-state index contributed by atoms with van der Waals surface area (Å²) in [4.78, 5) is 33.3. The zero-order valence-corrected chi connectivity index (χ0v) is 23.9. The van der Waals surface area contributed by atoms with E-state index in [2.05, 4.69) is 20.6 Å². The molecule has 230 valence electrons. The van der Waals surface area contributed by atoms with Crippen molar-refractivity contribution in [2.24, 2.45) is 0 Å². The summed E-state index contributed by atoms with van der Waals surface area (Å²) in [6.07, 6.45) is 3.72. The predicted octanol–water partition coefficient (Wildman–Crippen LogP) is 5.19. The van der Waals surface area contributed by atoms with Gasteiger partial charge in [0.2, 0.25) is 5.91 Å². The number of anilines is 2. The molecule has 1 aromatic carbocycles. The molecule has 3 aromatic heterocycles. The van der Waals surface area contributed by atoms with Gasteiger partial charge in [0.1, 0.15) is 17.3 Å². The molecule has 0 aliphatic carbocycles. The molecule has 1 aliphatic heterocycles. The number of nitrogen functional groups attached to an aromatic ring is 1. The highest BCUT2D eigenvalue weighted by atomic mass is 19.4. The van der Waals surface area contributed by atoms with Gasteiger partial charge in [-0.3, -0.25) is 14.3 Å². The summed E-state index contributed by atoms with van der Waals surface area (Å²) in [5, 5.41) is 21.4. The average Bonchev–Trinajstić information content (AvgIpc) is 3.38. The Morgan fingerprint density at radius 1 is 1.14 bits per heavy atom. The average molecular weight is 608 g/mol. The van der Waals surface area contributed by atoms with Gasteiger partial charge in [-0.2, -0.15) is 18.3 Å². The quantitative estimate of drug-likeness (QED) is 0.251. The van der Waals surface area contributed by atoms with Crippen molar-refractivity contribution in [1.82, 2.24) is 25.1 Å². The fourth-order valence-corrected chi connectivity index (χ4v) is 5.08. The number of aryl methyl sites for hydroxylation is 1. The molecule has 1 aliphatic rings. The Hall–Kier alpha value is -4.78. The molecule has 4 heterocycles. The van der Waals surface area contributed by atoms with E-state index in [1.54, 1.807) is 35.2 Å². The molecule has 44 heavy (non-hydrogen) atoms. The number of nitrogens with zero attached hydrogens (tertiary/aromatic N) is 4. The summed E-state index contributed by atoms with van der Waals surface area (Å²) in [6, 6.07) is 7.88. The van der Waals surface area contributed by atoms with E-state index in [1.807, 2.05) is 6.92 Å². The SMILES string of the molecule is CC1CCn2nc(-c3ccc(C(=O)Nc4cc(C(F)(F)F)ccn4)cc3)c3c(N)ncc(c32)/C=C/C(O)CCCCC(=O)N1. The molecular weight excluding hydrogens is 575 g/mol. The molecule has 0 bridgehead atoms. The minimum absolute atomic E-state index is 0.0366. The number of amides is 2. The zero-order valence-electron chi connectivity index (χ0n) is 23.9. The molecule has 13 heteroatoms. The van der Waals surface area contributed by atoms with Crippen LogP contribution in [-0.2, 0) is 17.5 Å². The van der Waals surface area contributed by atoms with E-state index in [0.29, 0.717) is 66.4 Å². The van der Waals surface area contributed by atoms with Crippen LogP contribution in [0.15, 0.2) is 54.9 Å². The summed E-state index contributed by atoms with van der Waals surface area (Å²) in [5.74, 6) is -0.643. The number of halogens is 3. The molecule has 5 N–H and O–H groups in total. The third-order valence-electron chi connectivity index (χ3n) is 7.41. The van der Waals surface area contributed by atoms with Crippen LogP contribution >= 0.6 is 0 Å².